The summed E-state index contributed by atoms with van der Waals surface area (Å²) in [6.45, 7) is 5.35. The van der Waals surface area contributed by atoms with Crippen LogP contribution in [0.25, 0.3) is 0 Å². The van der Waals surface area contributed by atoms with E-state index in [9.17, 15) is 14.4 Å². The molecule has 0 aromatic carbocycles. The lowest BCUT2D eigenvalue weighted by Crippen LogP contribution is -2.48. The second kappa shape index (κ2) is 8.46. The largest absolute Gasteiger partial charge is 0.352 e. The van der Waals surface area contributed by atoms with Crippen LogP contribution in [0, 0.1) is 0 Å². The van der Waals surface area contributed by atoms with Crippen molar-refractivity contribution < 1.29 is 14.4 Å². The summed E-state index contributed by atoms with van der Waals surface area (Å²) in [5, 5.41) is 2.86. The molecule has 0 spiro atoms. The number of carbonyl (C=O) groups excluding carboxylic acids is 3. The predicted octanol–water partition coefficient (Wildman–Crippen LogP) is 0.232. The molecule has 2 atom stereocenters. The van der Waals surface area contributed by atoms with Crippen molar-refractivity contribution in [2.24, 2.45) is 5.73 Å². The molecule has 3 amide bonds. The lowest BCUT2D eigenvalue weighted by Gasteiger charge is -2.26. The van der Waals surface area contributed by atoms with E-state index in [1.807, 2.05) is 13.8 Å². The summed E-state index contributed by atoms with van der Waals surface area (Å²) in [6, 6.07) is -0.632. The Morgan fingerprint density at radius 3 is 2.75 bits per heavy atom. The third-order valence-electron chi connectivity index (χ3n) is 4.65. The van der Waals surface area contributed by atoms with Crippen LogP contribution < -0.4 is 11.1 Å². The molecule has 0 aromatic rings. The van der Waals surface area contributed by atoms with E-state index in [4.69, 9.17) is 5.73 Å². The number of amides is 3. The zero-order valence-corrected chi connectivity index (χ0v) is 14.8. The van der Waals surface area contributed by atoms with Gasteiger partial charge in [0.1, 0.15) is 6.04 Å². The van der Waals surface area contributed by atoms with E-state index >= 15 is 0 Å². The predicted molar refractivity (Wildman–Crippen MR) is 91.0 cm³/mol. The van der Waals surface area contributed by atoms with Crippen LogP contribution in [-0.2, 0) is 14.4 Å². The van der Waals surface area contributed by atoms with Gasteiger partial charge in [-0.15, -0.1) is 0 Å². The average molecular weight is 338 g/mol. The summed E-state index contributed by atoms with van der Waals surface area (Å²) in [6.07, 6.45) is 4.31. The molecule has 2 heterocycles. The van der Waals surface area contributed by atoms with Crippen molar-refractivity contribution in [3.8, 4) is 0 Å². The first kappa shape index (κ1) is 18.7. The lowest BCUT2D eigenvalue weighted by atomic mass is 10.1. The number of nitrogens with zero attached hydrogens (tertiary/aromatic N) is 2. The molecule has 0 unspecified atom stereocenters. The first-order valence-corrected chi connectivity index (χ1v) is 9.01. The van der Waals surface area contributed by atoms with Crippen molar-refractivity contribution in [1.29, 1.82) is 0 Å². The van der Waals surface area contributed by atoms with Gasteiger partial charge in [-0.05, 0) is 33.1 Å². The maximum absolute atomic E-state index is 12.6. The van der Waals surface area contributed by atoms with E-state index in [2.05, 4.69) is 5.32 Å². The van der Waals surface area contributed by atoms with Gasteiger partial charge in [0.15, 0.2) is 0 Å². The lowest BCUT2D eigenvalue weighted by molar-refractivity contribution is -0.139. The van der Waals surface area contributed by atoms with Crippen molar-refractivity contribution in [2.75, 3.05) is 19.6 Å². The van der Waals surface area contributed by atoms with Crippen molar-refractivity contribution in [2.45, 2.75) is 70.5 Å². The molecule has 7 nitrogen and oxygen atoms in total. The second-order valence-corrected chi connectivity index (χ2v) is 7.16. The van der Waals surface area contributed by atoms with E-state index < -0.39 is 6.04 Å². The number of carbonyl (C=O) groups is 3. The van der Waals surface area contributed by atoms with Gasteiger partial charge >= 0.3 is 0 Å². The molecular formula is C17H30N4O3. The molecule has 2 fully saturated rings. The molecule has 0 radical (unpaired) electrons. The topological polar surface area (TPSA) is 95.7 Å². The number of likely N-dealkylation sites (tertiary alicyclic amines) is 2. The summed E-state index contributed by atoms with van der Waals surface area (Å²) < 4.78 is 0. The van der Waals surface area contributed by atoms with Crippen LogP contribution >= 0.6 is 0 Å². The molecule has 0 saturated carbocycles. The Bertz CT molecular complexity index is 480. The normalized spacial score (nSPS) is 25.1. The van der Waals surface area contributed by atoms with Gasteiger partial charge in [0, 0.05) is 44.6 Å². The highest BCUT2D eigenvalue weighted by Gasteiger charge is 2.38. The maximum atomic E-state index is 12.6. The van der Waals surface area contributed by atoms with E-state index in [-0.39, 0.29) is 36.2 Å². The van der Waals surface area contributed by atoms with Crippen molar-refractivity contribution in [3.05, 3.63) is 0 Å². The van der Waals surface area contributed by atoms with E-state index in [0.717, 1.165) is 25.8 Å². The zero-order chi connectivity index (χ0) is 17.7. The van der Waals surface area contributed by atoms with Crippen molar-refractivity contribution in [3.63, 3.8) is 0 Å². The van der Waals surface area contributed by atoms with Crippen LogP contribution in [-0.4, -0.2) is 65.3 Å². The quantitative estimate of drug-likeness (QED) is 0.750. The molecule has 24 heavy (non-hydrogen) atoms. The zero-order valence-electron chi connectivity index (χ0n) is 14.8. The van der Waals surface area contributed by atoms with Gasteiger partial charge < -0.3 is 20.9 Å². The van der Waals surface area contributed by atoms with Gasteiger partial charge in [-0.3, -0.25) is 14.4 Å². The first-order chi connectivity index (χ1) is 11.4. The molecule has 0 aromatic heterocycles. The van der Waals surface area contributed by atoms with Crippen LogP contribution in [0.5, 0.6) is 0 Å². The highest BCUT2D eigenvalue weighted by atomic mass is 16.2. The van der Waals surface area contributed by atoms with Gasteiger partial charge in [-0.25, -0.2) is 0 Å². The number of nitrogens with one attached hydrogen (secondary N) is 1. The minimum absolute atomic E-state index is 0.0287. The molecular weight excluding hydrogens is 308 g/mol. The third kappa shape index (κ3) is 4.93. The minimum Gasteiger partial charge on any atom is -0.352 e. The number of rotatable bonds is 5. The Morgan fingerprint density at radius 2 is 2.04 bits per heavy atom. The Balaban J connectivity index is 1.91. The summed E-state index contributed by atoms with van der Waals surface area (Å²) in [5.74, 6) is -0.103. The van der Waals surface area contributed by atoms with Gasteiger partial charge in [0.2, 0.25) is 17.7 Å². The summed E-state index contributed by atoms with van der Waals surface area (Å²) in [5.41, 5.74) is 5.97. The number of hydrogen-bond donors (Lipinski definition) is 2. The van der Waals surface area contributed by atoms with Crippen LogP contribution in [0.1, 0.15) is 52.4 Å². The Hall–Kier alpha value is -1.63. The molecule has 2 aliphatic heterocycles. The fourth-order valence-electron chi connectivity index (χ4n) is 3.42. The Kier molecular flexibility index (Phi) is 6.60. The molecule has 2 aliphatic rings. The highest BCUT2D eigenvalue weighted by molar-refractivity contribution is 5.89. The Morgan fingerprint density at radius 1 is 1.29 bits per heavy atom. The van der Waals surface area contributed by atoms with Crippen LogP contribution in [0.2, 0.25) is 0 Å². The standard InChI is InChI=1S/C17H30N4O3/c1-12(2)19-17(24)14-10-13(18)11-21(14)16(23)7-9-20-8-5-3-4-6-15(20)22/h12-14H,3-11,18H2,1-2H3,(H,19,24)/t13-,14-/m0/s1. The smallest absolute Gasteiger partial charge is 0.243 e. The fraction of sp³-hybridized carbons (Fsp3) is 0.824. The molecule has 0 aliphatic carbocycles. The van der Waals surface area contributed by atoms with Gasteiger partial charge in [0.05, 0.1) is 0 Å². The van der Waals surface area contributed by atoms with Gasteiger partial charge in [-0.2, -0.15) is 0 Å². The van der Waals surface area contributed by atoms with Gasteiger partial charge in [0.25, 0.3) is 0 Å². The molecule has 7 heteroatoms. The van der Waals surface area contributed by atoms with Crippen LogP contribution in [0.4, 0.5) is 0 Å². The summed E-state index contributed by atoms with van der Waals surface area (Å²) >= 11 is 0. The molecule has 2 rings (SSSR count). The van der Waals surface area contributed by atoms with Crippen molar-refractivity contribution >= 4 is 17.7 Å². The third-order valence-corrected chi connectivity index (χ3v) is 4.65. The van der Waals surface area contributed by atoms with Crippen molar-refractivity contribution in [1.82, 2.24) is 15.1 Å². The first-order valence-electron chi connectivity index (χ1n) is 9.01. The molecule has 2 saturated heterocycles. The van der Waals surface area contributed by atoms with Crippen LogP contribution in [0.3, 0.4) is 0 Å². The monoisotopic (exact) mass is 338 g/mol. The highest BCUT2D eigenvalue weighted by Crippen LogP contribution is 2.19. The van der Waals surface area contributed by atoms with Gasteiger partial charge in [-0.1, -0.05) is 6.42 Å². The maximum Gasteiger partial charge on any atom is 0.243 e. The SMILES string of the molecule is CC(C)NC(=O)[C@@H]1C[C@H](N)CN1C(=O)CCN1CCCCCC1=O. The minimum atomic E-state index is -0.491. The molecule has 0 bridgehead atoms. The second-order valence-electron chi connectivity index (χ2n) is 7.16. The number of nitrogens with two attached hydrogens (primary N) is 1. The Labute approximate surface area is 143 Å². The fourth-order valence-corrected chi connectivity index (χ4v) is 3.42. The number of hydrogen-bond acceptors (Lipinski definition) is 4. The van der Waals surface area contributed by atoms with E-state index in [1.165, 1.54) is 0 Å². The van der Waals surface area contributed by atoms with Crippen LogP contribution in [0.15, 0.2) is 0 Å². The summed E-state index contributed by atoms with van der Waals surface area (Å²) in [4.78, 5) is 40.3. The van der Waals surface area contributed by atoms with E-state index in [0.29, 0.717) is 25.9 Å². The summed E-state index contributed by atoms with van der Waals surface area (Å²) in [7, 11) is 0. The average Bonchev–Trinajstić information content (AvgIpc) is 2.79. The molecule has 136 valence electrons. The molecule has 3 N–H and O–H groups in total. The van der Waals surface area contributed by atoms with E-state index in [1.54, 1.807) is 9.80 Å².